The van der Waals surface area contributed by atoms with Crippen LogP contribution >= 0.6 is 0 Å². The van der Waals surface area contributed by atoms with Crippen LogP contribution in [0.5, 0.6) is 23.0 Å². The SMILES string of the molecule is Cc1cc(O)c2c(c1)O[C@@]1(C)C(=O)[C@@H]3[C@H](C(=O)C1=C2O)[C@@H]1C[C@@]3(O)[C@]2(C)Oc3cc(C)cc(O)c3C(O)=C2C1=O. The summed E-state index contributed by atoms with van der Waals surface area (Å²) >= 11 is 0. The second-order valence-electron chi connectivity index (χ2n) is 11.9. The molecule has 10 nitrogen and oxygen atoms in total. The lowest BCUT2D eigenvalue weighted by molar-refractivity contribution is -0.172. The molecule has 3 fully saturated rings. The van der Waals surface area contributed by atoms with Gasteiger partial charge in [-0.25, -0.2) is 0 Å². The number of hydrogen-bond acceptors (Lipinski definition) is 10. The van der Waals surface area contributed by atoms with Crippen LogP contribution < -0.4 is 9.47 Å². The zero-order valence-corrected chi connectivity index (χ0v) is 22.0. The Morgan fingerprint density at radius 2 is 1.30 bits per heavy atom. The Balaban J connectivity index is 1.47. The van der Waals surface area contributed by atoms with Crippen molar-refractivity contribution in [1.29, 1.82) is 0 Å². The molecule has 0 aromatic heterocycles. The number of rotatable bonds is 0. The average molecular weight is 547 g/mol. The summed E-state index contributed by atoms with van der Waals surface area (Å²) in [6, 6.07) is 5.81. The fourth-order valence-electron chi connectivity index (χ4n) is 7.76. The molecule has 0 spiro atoms. The Labute approximate surface area is 227 Å². The Morgan fingerprint density at radius 3 is 1.88 bits per heavy atom. The fourth-order valence-corrected chi connectivity index (χ4v) is 7.76. The molecule has 0 radical (unpaired) electrons. The number of aryl methyl sites for hydroxylation is 2. The van der Waals surface area contributed by atoms with Gasteiger partial charge in [-0.15, -0.1) is 0 Å². The third-order valence-corrected chi connectivity index (χ3v) is 9.53. The van der Waals surface area contributed by atoms with Crippen LogP contribution in [0.25, 0.3) is 11.5 Å². The van der Waals surface area contributed by atoms with Crippen molar-refractivity contribution >= 4 is 28.9 Å². The molecule has 5 aliphatic rings. The highest BCUT2D eigenvalue weighted by Gasteiger charge is 2.78. The van der Waals surface area contributed by atoms with Crippen molar-refractivity contribution in [3.8, 4) is 23.0 Å². The molecule has 2 bridgehead atoms. The monoisotopic (exact) mass is 546 g/mol. The smallest absolute Gasteiger partial charge is 0.196 e. The average Bonchev–Trinajstić information content (AvgIpc) is 3.13. The molecule has 0 saturated heterocycles. The molecule has 0 amide bonds. The molecule has 5 N–H and O–H groups in total. The fraction of sp³-hybridized carbons (Fsp3) is 0.367. The number of hydrogen-bond donors (Lipinski definition) is 5. The topological polar surface area (TPSA) is 171 Å². The normalized spacial score (nSPS) is 35.3. The molecule has 2 aromatic carbocycles. The highest BCUT2D eigenvalue weighted by molar-refractivity contribution is 6.22. The number of ether oxygens (including phenoxy) is 2. The molecule has 7 rings (SSSR count). The van der Waals surface area contributed by atoms with E-state index in [1.54, 1.807) is 13.8 Å². The van der Waals surface area contributed by atoms with Gasteiger partial charge in [0.05, 0.1) is 17.1 Å². The van der Waals surface area contributed by atoms with Crippen molar-refractivity contribution in [2.24, 2.45) is 17.8 Å². The van der Waals surface area contributed by atoms with Crippen LogP contribution in [0.1, 0.15) is 42.5 Å². The number of carbonyl (C=O) groups is 3. The van der Waals surface area contributed by atoms with E-state index in [4.69, 9.17) is 9.47 Å². The first kappa shape index (κ1) is 24.7. The third-order valence-electron chi connectivity index (χ3n) is 9.53. The number of ketones is 3. The molecular weight excluding hydrogens is 520 g/mol. The van der Waals surface area contributed by atoms with Crippen molar-refractivity contribution in [1.82, 2.24) is 0 Å². The van der Waals surface area contributed by atoms with Crippen molar-refractivity contribution in [2.75, 3.05) is 0 Å². The third kappa shape index (κ3) is 2.51. The maximum absolute atomic E-state index is 14.4. The Kier molecular flexibility index (Phi) is 4.36. The lowest BCUT2D eigenvalue weighted by Gasteiger charge is -2.52. The summed E-state index contributed by atoms with van der Waals surface area (Å²) in [5.41, 5.74) is -6.00. The zero-order valence-electron chi connectivity index (χ0n) is 22.0. The van der Waals surface area contributed by atoms with E-state index in [9.17, 15) is 39.9 Å². The minimum atomic E-state index is -2.15. The molecule has 10 heteroatoms. The molecule has 3 aliphatic carbocycles. The summed E-state index contributed by atoms with van der Waals surface area (Å²) in [4.78, 5) is 42.6. The van der Waals surface area contributed by atoms with Crippen LogP contribution in [0.15, 0.2) is 35.4 Å². The van der Waals surface area contributed by atoms with E-state index in [-0.39, 0.29) is 46.1 Å². The Morgan fingerprint density at radius 1 is 0.775 bits per heavy atom. The minimum absolute atomic E-state index is 0.0110. The first-order valence-corrected chi connectivity index (χ1v) is 12.9. The van der Waals surface area contributed by atoms with Crippen LogP contribution in [0.3, 0.4) is 0 Å². The highest BCUT2D eigenvalue weighted by atomic mass is 16.5. The van der Waals surface area contributed by atoms with Crippen molar-refractivity contribution in [3.63, 3.8) is 0 Å². The van der Waals surface area contributed by atoms with E-state index >= 15 is 0 Å². The van der Waals surface area contributed by atoms with Crippen LogP contribution in [-0.4, -0.2) is 59.7 Å². The van der Waals surface area contributed by atoms with Gasteiger partial charge in [0.25, 0.3) is 0 Å². The molecule has 6 atom stereocenters. The molecule has 0 unspecified atom stereocenters. The summed E-state index contributed by atoms with van der Waals surface area (Å²) in [5.74, 6) is -8.25. The van der Waals surface area contributed by atoms with Gasteiger partial charge in [-0.2, -0.15) is 0 Å². The second-order valence-corrected chi connectivity index (χ2v) is 11.9. The summed E-state index contributed by atoms with van der Waals surface area (Å²) in [5, 5.41) is 56.1. The molecule has 2 aromatic rings. The van der Waals surface area contributed by atoms with Gasteiger partial charge in [-0.3, -0.25) is 14.4 Å². The Bertz CT molecular complexity index is 1720. The summed E-state index contributed by atoms with van der Waals surface area (Å²) in [7, 11) is 0. The number of benzene rings is 2. The standard InChI is InChI=1S/C30H26O10/c1-10-5-13(31)18-15(7-10)39-28(3)21(25(18)35)24(34)17-12-9-30(38,20(17)27(28)37)29(4)22(23(12)33)26(36)19-14(32)6-11(2)8-16(19)40-29/h5-8,12,17,20,31-32,35-36,38H,9H2,1-4H3/t12-,17+,20-,28+,29+,30-/m0/s1. The van der Waals surface area contributed by atoms with Crippen LogP contribution in [0.4, 0.5) is 0 Å². The van der Waals surface area contributed by atoms with E-state index in [2.05, 4.69) is 0 Å². The van der Waals surface area contributed by atoms with E-state index < -0.39 is 69.0 Å². The van der Waals surface area contributed by atoms with Gasteiger partial charge in [-0.05, 0) is 69.5 Å². The molecule has 3 saturated carbocycles. The van der Waals surface area contributed by atoms with E-state index in [1.807, 2.05) is 0 Å². The second kappa shape index (κ2) is 7.06. The first-order chi connectivity index (χ1) is 18.7. The molecule has 206 valence electrons. The minimum Gasteiger partial charge on any atom is -0.507 e. The van der Waals surface area contributed by atoms with Crippen molar-refractivity contribution in [3.05, 3.63) is 57.7 Å². The molecular formula is C30H26O10. The van der Waals surface area contributed by atoms with Crippen LogP contribution in [0, 0.1) is 31.6 Å². The van der Waals surface area contributed by atoms with Gasteiger partial charge in [0.1, 0.15) is 51.2 Å². The van der Waals surface area contributed by atoms with Gasteiger partial charge in [0.2, 0.25) is 0 Å². The number of aliphatic hydroxyl groups is 3. The largest absolute Gasteiger partial charge is 0.507 e. The number of aliphatic hydroxyl groups excluding tert-OH is 2. The number of fused-ring (bicyclic) bond motifs is 10. The van der Waals surface area contributed by atoms with Gasteiger partial charge in [0.15, 0.2) is 28.6 Å². The summed E-state index contributed by atoms with van der Waals surface area (Å²) in [6.45, 7) is 6.07. The lowest BCUT2D eigenvalue weighted by Crippen LogP contribution is -2.68. The van der Waals surface area contributed by atoms with Crippen molar-refractivity contribution < 1.29 is 49.4 Å². The van der Waals surface area contributed by atoms with Crippen LogP contribution in [0.2, 0.25) is 0 Å². The van der Waals surface area contributed by atoms with Gasteiger partial charge in [0, 0.05) is 11.8 Å². The number of Topliss-reactive ketones (excluding diaryl/α,β-unsaturated/α-hetero) is 3. The molecule has 40 heavy (non-hydrogen) atoms. The number of phenols is 2. The predicted molar refractivity (Wildman–Crippen MR) is 138 cm³/mol. The molecule has 2 heterocycles. The Hall–Kier alpha value is -4.31. The first-order valence-electron chi connectivity index (χ1n) is 12.9. The maximum atomic E-state index is 14.4. The number of aromatic hydroxyl groups is 2. The maximum Gasteiger partial charge on any atom is 0.196 e. The highest BCUT2D eigenvalue weighted by Crippen LogP contribution is 2.65. The quantitative estimate of drug-likeness (QED) is 0.331. The van der Waals surface area contributed by atoms with Gasteiger partial charge < -0.3 is 35.0 Å². The summed E-state index contributed by atoms with van der Waals surface area (Å²) in [6.07, 6.45) is -0.319. The van der Waals surface area contributed by atoms with Crippen molar-refractivity contribution in [2.45, 2.75) is 50.9 Å². The van der Waals surface area contributed by atoms with E-state index in [1.165, 1.54) is 38.1 Å². The van der Waals surface area contributed by atoms with Gasteiger partial charge >= 0.3 is 0 Å². The number of phenolic OH excluding ortho intramolecular Hbond substituents is 2. The molecule has 2 aliphatic heterocycles. The predicted octanol–water partition coefficient (Wildman–Crippen LogP) is 2.97. The number of carbonyl (C=O) groups excluding carboxylic acids is 3. The zero-order chi connectivity index (χ0) is 28.8. The van der Waals surface area contributed by atoms with E-state index in [0.717, 1.165) is 0 Å². The van der Waals surface area contributed by atoms with E-state index in [0.29, 0.717) is 11.1 Å². The summed E-state index contributed by atoms with van der Waals surface area (Å²) < 4.78 is 12.3. The van der Waals surface area contributed by atoms with Gasteiger partial charge in [-0.1, -0.05) is 0 Å². The lowest BCUT2D eigenvalue weighted by atomic mass is 9.61. The van der Waals surface area contributed by atoms with Crippen LogP contribution in [-0.2, 0) is 14.4 Å².